The second-order valence-corrected chi connectivity index (χ2v) is 7.63. The Hall–Kier alpha value is -1.07. The van der Waals surface area contributed by atoms with Crippen molar-refractivity contribution in [1.29, 1.82) is 0 Å². The minimum absolute atomic E-state index is 0.184. The number of thioether (sulfide) groups is 1. The number of halogens is 1. The fraction of sp³-hybridized carbons (Fsp3) is 0.611. The molecule has 2 heterocycles. The Morgan fingerprint density at radius 1 is 1.13 bits per heavy atom. The quantitative estimate of drug-likeness (QED) is 0.845. The molecule has 2 aliphatic heterocycles. The van der Waals surface area contributed by atoms with Gasteiger partial charge in [-0.15, -0.1) is 0 Å². The molecule has 0 radical (unpaired) electrons. The van der Waals surface area contributed by atoms with Gasteiger partial charge in [0.1, 0.15) is 5.82 Å². The van der Waals surface area contributed by atoms with Crippen molar-refractivity contribution in [1.82, 2.24) is 9.80 Å². The zero-order valence-corrected chi connectivity index (χ0v) is 14.4. The summed E-state index contributed by atoms with van der Waals surface area (Å²) >= 11 is 1.97. The molecule has 23 heavy (non-hydrogen) atoms. The third kappa shape index (κ3) is 4.70. The van der Waals surface area contributed by atoms with E-state index in [0.717, 1.165) is 36.6 Å². The summed E-state index contributed by atoms with van der Waals surface area (Å²) in [5, 5.41) is 0. The molecule has 0 spiro atoms. The van der Waals surface area contributed by atoms with Crippen LogP contribution in [-0.4, -0.2) is 59.4 Å². The van der Waals surface area contributed by atoms with Gasteiger partial charge in [0.15, 0.2) is 0 Å². The molecule has 0 N–H and O–H groups in total. The highest BCUT2D eigenvalue weighted by Gasteiger charge is 2.28. The van der Waals surface area contributed by atoms with Crippen LogP contribution in [0.4, 0.5) is 4.39 Å². The van der Waals surface area contributed by atoms with Crippen LogP contribution in [0.25, 0.3) is 0 Å². The minimum atomic E-state index is -0.251. The van der Waals surface area contributed by atoms with Crippen molar-refractivity contribution in [2.24, 2.45) is 0 Å². The van der Waals surface area contributed by atoms with Crippen LogP contribution in [0.15, 0.2) is 24.3 Å². The molecular weight excluding hydrogens is 311 g/mol. The van der Waals surface area contributed by atoms with Gasteiger partial charge >= 0.3 is 0 Å². The summed E-state index contributed by atoms with van der Waals surface area (Å²) in [6.45, 7) is 4.19. The predicted molar refractivity (Wildman–Crippen MR) is 93.2 cm³/mol. The average molecular weight is 336 g/mol. The molecule has 0 bridgehead atoms. The first-order chi connectivity index (χ1) is 11.2. The fourth-order valence-electron chi connectivity index (χ4n) is 3.45. The number of carbonyl (C=O) groups excluding carboxylic acids is 1. The highest BCUT2D eigenvalue weighted by atomic mass is 32.2. The maximum atomic E-state index is 13.0. The molecule has 1 amide bonds. The number of nitrogens with zero attached hydrogens (tertiary/aromatic N) is 2. The average Bonchev–Trinajstić information content (AvgIpc) is 2.94. The Balaban J connectivity index is 1.65. The molecule has 126 valence electrons. The lowest BCUT2D eigenvalue weighted by Crippen LogP contribution is -2.48. The van der Waals surface area contributed by atoms with E-state index in [4.69, 9.17) is 0 Å². The molecule has 3 nitrogen and oxygen atoms in total. The predicted octanol–water partition coefficient (Wildman–Crippen LogP) is 2.80. The van der Waals surface area contributed by atoms with E-state index in [1.54, 1.807) is 12.1 Å². The van der Waals surface area contributed by atoms with Crippen molar-refractivity contribution < 1.29 is 9.18 Å². The van der Waals surface area contributed by atoms with Gasteiger partial charge in [-0.25, -0.2) is 4.39 Å². The van der Waals surface area contributed by atoms with E-state index in [1.807, 2.05) is 11.8 Å². The first-order valence-electron chi connectivity index (χ1n) is 8.56. The topological polar surface area (TPSA) is 23.6 Å². The first-order valence-corrected chi connectivity index (χ1v) is 9.72. The molecule has 0 aromatic heterocycles. The summed E-state index contributed by atoms with van der Waals surface area (Å²) in [7, 11) is 0. The van der Waals surface area contributed by atoms with Crippen LogP contribution < -0.4 is 0 Å². The number of carbonyl (C=O) groups is 1. The molecule has 1 atom stereocenters. The molecule has 0 unspecified atom stereocenters. The maximum absolute atomic E-state index is 13.0. The Morgan fingerprint density at radius 3 is 2.61 bits per heavy atom. The number of likely N-dealkylation sites (tertiary alicyclic amines) is 1. The van der Waals surface area contributed by atoms with Crippen LogP contribution >= 0.6 is 11.8 Å². The zero-order valence-electron chi connectivity index (χ0n) is 13.5. The van der Waals surface area contributed by atoms with E-state index in [-0.39, 0.29) is 11.7 Å². The fourth-order valence-corrected chi connectivity index (χ4v) is 4.51. The monoisotopic (exact) mass is 336 g/mol. The molecule has 0 saturated carbocycles. The van der Waals surface area contributed by atoms with Crippen LogP contribution in [0.1, 0.15) is 24.8 Å². The second kappa shape index (κ2) is 8.15. The molecule has 1 aromatic carbocycles. The molecule has 0 aliphatic carbocycles. The Bertz CT molecular complexity index is 516. The van der Waals surface area contributed by atoms with Crippen molar-refractivity contribution in [3.8, 4) is 0 Å². The lowest BCUT2D eigenvalue weighted by atomic mass is 10.1. The Morgan fingerprint density at radius 2 is 1.87 bits per heavy atom. The van der Waals surface area contributed by atoms with E-state index < -0.39 is 0 Å². The first kappa shape index (κ1) is 16.8. The number of benzene rings is 1. The molecule has 2 saturated heterocycles. The molecular formula is C18H25FN2OS. The lowest BCUT2D eigenvalue weighted by Gasteiger charge is -2.33. The maximum Gasteiger partial charge on any atom is 0.227 e. The Labute approximate surface area is 142 Å². The van der Waals surface area contributed by atoms with Crippen molar-refractivity contribution >= 4 is 17.7 Å². The van der Waals surface area contributed by atoms with Gasteiger partial charge in [0.05, 0.1) is 12.5 Å². The van der Waals surface area contributed by atoms with E-state index >= 15 is 0 Å². The van der Waals surface area contributed by atoms with Gasteiger partial charge in [-0.2, -0.15) is 11.8 Å². The molecule has 2 aliphatic rings. The third-order valence-corrected chi connectivity index (χ3v) is 5.89. The largest absolute Gasteiger partial charge is 0.337 e. The Kier molecular flexibility index (Phi) is 5.95. The van der Waals surface area contributed by atoms with E-state index in [1.165, 1.54) is 38.1 Å². The summed E-state index contributed by atoms with van der Waals surface area (Å²) in [5.74, 6) is 2.10. The lowest BCUT2D eigenvalue weighted by molar-refractivity contribution is -0.132. The van der Waals surface area contributed by atoms with Gasteiger partial charge in [-0.1, -0.05) is 12.1 Å². The number of hydrogen-bond donors (Lipinski definition) is 0. The molecule has 2 fully saturated rings. The van der Waals surface area contributed by atoms with Crippen molar-refractivity contribution in [2.75, 3.05) is 37.7 Å². The van der Waals surface area contributed by atoms with Gasteiger partial charge in [-0.05, 0) is 55.8 Å². The van der Waals surface area contributed by atoms with E-state index in [0.29, 0.717) is 12.5 Å². The minimum Gasteiger partial charge on any atom is -0.337 e. The summed E-state index contributed by atoms with van der Waals surface area (Å²) in [4.78, 5) is 17.4. The van der Waals surface area contributed by atoms with Crippen LogP contribution in [0.2, 0.25) is 0 Å². The second-order valence-electron chi connectivity index (χ2n) is 6.48. The van der Waals surface area contributed by atoms with Crippen LogP contribution in [-0.2, 0) is 11.2 Å². The normalized spacial score (nSPS) is 23.0. The van der Waals surface area contributed by atoms with E-state index in [2.05, 4.69) is 9.80 Å². The number of amides is 1. The van der Waals surface area contributed by atoms with Gasteiger partial charge < -0.3 is 9.80 Å². The highest BCUT2D eigenvalue weighted by molar-refractivity contribution is 7.99. The summed E-state index contributed by atoms with van der Waals surface area (Å²) in [5.41, 5.74) is 0.897. The number of hydrogen-bond acceptors (Lipinski definition) is 3. The molecule has 5 heteroatoms. The van der Waals surface area contributed by atoms with Crippen molar-refractivity contribution in [3.63, 3.8) is 0 Å². The summed E-state index contributed by atoms with van der Waals surface area (Å²) < 4.78 is 13.0. The van der Waals surface area contributed by atoms with Gasteiger partial charge in [0, 0.05) is 18.8 Å². The number of rotatable bonds is 4. The van der Waals surface area contributed by atoms with E-state index in [9.17, 15) is 9.18 Å². The van der Waals surface area contributed by atoms with Crippen molar-refractivity contribution in [3.05, 3.63) is 35.6 Å². The SMILES string of the molecule is O=C(Cc1ccc(F)cc1)N1CCCSC[C@@H]1CN1CCCC1. The van der Waals surface area contributed by atoms with Gasteiger partial charge in [-0.3, -0.25) is 4.79 Å². The van der Waals surface area contributed by atoms with Gasteiger partial charge in [0.25, 0.3) is 0 Å². The van der Waals surface area contributed by atoms with Crippen molar-refractivity contribution in [2.45, 2.75) is 31.7 Å². The molecule has 1 aromatic rings. The summed E-state index contributed by atoms with van der Waals surface area (Å²) in [6.07, 6.45) is 4.00. The third-order valence-electron chi connectivity index (χ3n) is 4.70. The molecule has 3 rings (SSSR count). The highest BCUT2D eigenvalue weighted by Crippen LogP contribution is 2.20. The van der Waals surface area contributed by atoms with Gasteiger partial charge in [0.2, 0.25) is 5.91 Å². The summed E-state index contributed by atoms with van der Waals surface area (Å²) in [6, 6.07) is 6.61. The van der Waals surface area contributed by atoms with Crippen LogP contribution in [0, 0.1) is 5.82 Å². The zero-order chi connectivity index (χ0) is 16.1. The van der Waals surface area contributed by atoms with Crippen LogP contribution in [0.5, 0.6) is 0 Å². The van der Waals surface area contributed by atoms with Crippen LogP contribution in [0.3, 0.4) is 0 Å². The standard InChI is InChI=1S/C18H25FN2OS/c19-16-6-4-15(5-7-16)12-18(22)21-10-3-11-23-14-17(21)13-20-8-1-2-9-20/h4-7,17H,1-3,8-14H2/t17-/m0/s1. The smallest absolute Gasteiger partial charge is 0.227 e.